The number of fused-ring (bicyclic) bond motifs is 1. The Morgan fingerprint density at radius 1 is 1.03 bits per heavy atom. The summed E-state index contributed by atoms with van der Waals surface area (Å²) in [4.78, 5) is 13.2. The third kappa shape index (κ3) is 3.60. The molecule has 1 N–H and O–H groups in total. The van der Waals surface area contributed by atoms with E-state index in [1.807, 2.05) is 6.92 Å². The van der Waals surface area contributed by atoms with Crippen molar-refractivity contribution in [2.24, 2.45) is 7.05 Å². The molecule has 7 nitrogen and oxygen atoms in total. The maximum Gasteiger partial charge on any atom is 0.275 e. The van der Waals surface area contributed by atoms with Crippen LogP contribution in [-0.4, -0.2) is 28.2 Å². The van der Waals surface area contributed by atoms with Gasteiger partial charge < -0.3 is 14.4 Å². The van der Waals surface area contributed by atoms with Gasteiger partial charge in [0.25, 0.3) is 15.6 Å². The first-order valence-corrected chi connectivity index (χ1v) is 12.2. The Balaban J connectivity index is 1.74. The summed E-state index contributed by atoms with van der Waals surface area (Å²) in [6, 6.07) is 13.0. The van der Waals surface area contributed by atoms with Gasteiger partial charge >= 0.3 is 0 Å². The number of benzene rings is 2. The molecule has 170 valence electrons. The fraction of sp³-hybridized carbons (Fsp3) is 0.240. The van der Waals surface area contributed by atoms with E-state index in [0.717, 1.165) is 28.8 Å². The third-order valence-electron chi connectivity index (χ3n) is 6.16. The fourth-order valence-electron chi connectivity index (χ4n) is 4.07. The number of ether oxygens (including phenoxy) is 1. The number of pyridine rings is 1. The molecule has 0 amide bonds. The van der Waals surface area contributed by atoms with Crippen LogP contribution in [0.4, 0.5) is 0 Å². The minimum atomic E-state index is -3.99. The Morgan fingerprint density at radius 2 is 1.76 bits per heavy atom. The highest BCUT2D eigenvalue weighted by molar-refractivity contribution is 7.90. The number of aromatic nitrogens is 2. The number of phenols is 1. The van der Waals surface area contributed by atoms with Crippen LogP contribution in [-0.2, 0) is 17.1 Å². The summed E-state index contributed by atoms with van der Waals surface area (Å²) in [6.45, 7) is 1.88. The van der Waals surface area contributed by atoms with E-state index in [2.05, 4.69) is 0 Å². The van der Waals surface area contributed by atoms with Crippen LogP contribution in [0, 0.1) is 6.92 Å². The molecular weight excluding hydrogens is 440 g/mol. The fourth-order valence-corrected chi connectivity index (χ4v) is 5.41. The zero-order chi connectivity index (χ0) is 23.3. The molecule has 0 unspecified atom stereocenters. The average Bonchev–Trinajstić information content (AvgIpc) is 3.21. The normalized spacial score (nSPS) is 14.4. The topological polar surface area (TPSA) is 90.5 Å². The van der Waals surface area contributed by atoms with Gasteiger partial charge in [-0.3, -0.25) is 4.79 Å². The van der Waals surface area contributed by atoms with E-state index < -0.39 is 15.6 Å². The molecule has 33 heavy (non-hydrogen) atoms. The van der Waals surface area contributed by atoms with Crippen molar-refractivity contribution in [1.82, 2.24) is 8.54 Å². The molecule has 2 heterocycles. The SMILES string of the molecule is Cc1ccc(S(=O)(=O)n2ccc3c(-c4cc(O)ccc4OC4CCC4)cn(C)c(=O)c32)cc1. The lowest BCUT2D eigenvalue weighted by Crippen LogP contribution is -2.25. The highest BCUT2D eigenvalue weighted by atomic mass is 32.2. The molecule has 4 aromatic rings. The van der Waals surface area contributed by atoms with Crippen LogP contribution in [0.2, 0.25) is 0 Å². The van der Waals surface area contributed by atoms with Crippen molar-refractivity contribution >= 4 is 20.9 Å². The van der Waals surface area contributed by atoms with Crippen molar-refractivity contribution in [3.63, 3.8) is 0 Å². The van der Waals surface area contributed by atoms with Crippen LogP contribution in [0.5, 0.6) is 11.5 Å². The molecule has 1 aliphatic carbocycles. The second-order valence-corrected chi connectivity index (χ2v) is 10.3. The lowest BCUT2D eigenvalue weighted by molar-refractivity contribution is 0.121. The Morgan fingerprint density at radius 3 is 2.42 bits per heavy atom. The first kappa shape index (κ1) is 21.3. The minimum absolute atomic E-state index is 0.0495. The third-order valence-corrected chi connectivity index (χ3v) is 7.85. The zero-order valence-electron chi connectivity index (χ0n) is 18.4. The summed E-state index contributed by atoms with van der Waals surface area (Å²) < 4.78 is 35.3. The molecule has 0 spiro atoms. The lowest BCUT2D eigenvalue weighted by atomic mass is 9.95. The van der Waals surface area contributed by atoms with Gasteiger partial charge in [-0.25, -0.2) is 12.4 Å². The zero-order valence-corrected chi connectivity index (χ0v) is 19.2. The quantitative estimate of drug-likeness (QED) is 0.478. The molecule has 0 saturated heterocycles. The van der Waals surface area contributed by atoms with Crippen molar-refractivity contribution < 1.29 is 18.3 Å². The smallest absolute Gasteiger partial charge is 0.275 e. The monoisotopic (exact) mass is 464 g/mol. The van der Waals surface area contributed by atoms with Gasteiger partial charge in [0.2, 0.25) is 0 Å². The number of hydrogen-bond donors (Lipinski definition) is 1. The molecule has 1 fully saturated rings. The second kappa shape index (κ2) is 7.81. The van der Waals surface area contributed by atoms with Crippen molar-refractivity contribution in [2.45, 2.75) is 37.2 Å². The number of phenolic OH excluding ortho intramolecular Hbond substituents is 1. The van der Waals surface area contributed by atoms with Crippen LogP contribution in [0.1, 0.15) is 24.8 Å². The van der Waals surface area contributed by atoms with E-state index in [4.69, 9.17) is 4.74 Å². The van der Waals surface area contributed by atoms with Gasteiger partial charge in [0.1, 0.15) is 17.0 Å². The van der Waals surface area contributed by atoms with Gasteiger partial charge in [0.15, 0.2) is 0 Å². The van der Waals surface area contributed by atoms with E-state index in [1.54, 1.807) is 49.6 Å². The first-order chi connectivity index (χ1) is 15.8. The number of nitrogens with zero attached hydrogens (tertiary/aromatic N) is 2. The molecule has 8 heteroatoms. The van der Waals surface area contributed by atoms with E-state index in [1.165, 1.54) is 22.9 Å². The highest BCUT2D eigenvalue weighted by Gasteiger charge is 2.25. The minimum Gasteiger partial charge on any atom is -0.508 e. The summed E-state index contributed by atoms with van der Waals surface area (Å²) in [5, 5.41) is 10.7. The number of aryl methyl sites for hydroxylation is 2. The lowest BCUT2D eigenvalue weighted by Gasteiger charge is -2.27. The van der Waals surface area contributed by atoms with Gasteiger partial charge in [-0.1, -0.05) is 17.7 Å². The maximum absolute atomic E-state index is 13.4. The summed E-state index contributed by atoms with van der Waals surface area (Å²) in [6.07, 6.45) is 6.21. The number of aromatic hydroxyl groups is 1. The number of rotatable bonds is 5. The van der Waals surface area contributed by atoms with Crippen molar-refractivity contribution in [3.8, 4) is 22.6 Å². The average molecular weight is 465 g/mol. The molecule has 0 radical (unpaired) electrons. The molecule has 5 rings (SSSR count). The van der Waals surface area contributed by atoms with Gasteiger partial charge in [-0.15, -0.1) is 0 Å². The van der Waals surface area contributed by atoms with Crippen LogP contribution in [0.15, 0.2) is 70.6 Å². The molecule has 2 aromatic carbocycles. The Hall–Kier alpha value is -3.52. The first-order valence-electron chi connectivity index (χ1n) is 10.8. The van der Waals surface area contributed by atoms with Crippen LogP contribution < -0.4 is 10.3 Å². The molecule has 1 saturated carbocycles. The molecule has 0 aliphatic heterocycles. The number of hydrogen-bond acceptors (Lipinski definition) is 5. The predicted molar refractivity (Wildman–Crippen MR) is 126 cm³/mol. The Bertz CT molecular complexity index is 1530. The maximum atomic E-state index is 13.4. The van der Waals surface area contributed by atoms with Crippen molar-refractivity contribution in [2.75, 3.05) is 0 Å². The second-order valence-electron chi connectivity index (χ2n) is 8.50. The van der Waals surface area contributed by atoms with Crippen LogP contribution >= 0.6 is 0 Å². The van der Waals surface area contributed by atoms with Gasteiger partial charge in [-0.2, -0.15) is 0 Å². The highest BCUT2D eigenvalue weighted by Crippen LogP contribution is 2.39. The van der Waals surface area contributed by atoms with Crippen molar-refractivity contribution in [3.05, 3.63) is 76.8 Å². The van der Waals surface area contributed by atoms with Crippen LogP contribution in [0.3, 0.4) is 0 Å². The molecule has 0 atom stereocenters. The van der Waals surface area contributed by atoms with Crippen LogP contribution in [0.25, 0.3) is 22.0 Å². The Labute approximate surface area is 191 Å². The molecular formula is C25H24N2O5S. The predicted octanol–water partition coefficient (Wildman–Crippen LogP) is 4.19. The summed E-state index contributed by atoms with van der Waals surface area (Å²) >= 11 is 0. The standard InChI is InChI=1S/C25H24N2O5S/c1-16-6-9-19(10-7-16)33(30,31)27-13-12-20-22(15-26(2)25(29)24(20)27)21-14-17(28)8-11-23(21)32-18-4-3-5-18/h6-15,18,28H,3-5H2,1-2H3. The molecule has 0 bridgehead atoms. The van der Waals surface area contributed by atoms with E-state index in [-0.39, 0.29) is 22.3 Å². The van der Waals surface area contributed by atoms with Crippen molar-refractivity contribution in [1.29, 1.82) is 0 Å². The molecule has 2 aromatic heterocycles. The van der Waals surface area contributed by atoms with E-state index >= 15 is 0 Å². The van der Waals surface area contributed by atoms with E-state index in [9.17, 15) is 18.3 Å². The van der Waals surface area contributed by atoms with Gasteiger partial charge in [0, 0.05) is 36.0 Å². The molecule has 1 aliphatic rings. The largest absolute Gasteiger partial charge is 0.508 e. The summed E-state index contributed by atoms with van der Waals surface area (Å²) in [7, 11) is -2.41. The van der Waals surface area contributed by atoms with E-state index in [0.29, 0.717) is 22.3 Å². The summed E-state index contributed by atoms with van der Waals surface area (Å²) in [5.41, 5.74) is 1.76. The Kier molecular flexibility index (Phi) is 5.05. The van der Waals surface area contributed by atoms with Gasteiger partial charge in [0.05, 0.1) is 11.0 Å². The van der Waals surface area contributed by atoms with Gasteiger partial charge in [-0.05, 0) is 62.6 Å². The summed E-state index contributed by atoms with van der Waals surface area (Å²) in [5.74, 6) is 0.645.